The van der Waals surface area contributed by atoms with Crippen molar-refractivity contribution in [3.8, 4) is 0 Å². The molecule has 0 unspecified atom stereocenters. The molecule has 4 heteroatoms. The van der Waals surface area contributed by atoms with E-state index in [1.165, 1.54) is 0 Å². The van der Waals surface area contributed by atoms with Gasteiger partial charge < -0.3 is 13.3 Å². The number of hydrogen-bond acceptors (Lipinski definition) is 3. The van der Waals surface area contributed by atoms with Crippen LogP contribution >= 0.6 is 0 Å². The van der Waals surface area contributed by atoms with Crippen LogP contribution in [-0.4, -0.2) is 28.6 Å². The Morgan fingerprint density at radius 3 is 1.43 bits per heavy atom. The van der Waals surface area contributed by atoms with Crippen molar-refractivity contribution in [2.45, 2.75) is 64.8 Å². The number of unbranched alkanes of at least 4 members (excludes halogenated alkanes) is 3. The van der Waals surface area contributed by atoms with Crippen LogP contribution in [0.25, 0.3) is 0 Å². The predicted octanol–water partition coefficient (Wildman–Crippen LogP) is 4.87. The van der Waals surface area contributed by atoms with E-state index in [0.29, 0.717) is 0 Å². The van der Waals surface area contributed by atoms with Gasteiger partial charge in [0.2, 0.25) is 0 Å². The van der Waals surface area contributed by atoms with Crippen LogP contribution in [-0.2, 0) is 13.3 Å². The van der Waals surface area contributed by atoms with E-state index in [-0.39, 0.29) is 5.54 Å². The van der Waals surface area contributed by atoms with E-state index < -0.39 is 8.80 Å². The van der Waals surface area contributed by atoms with Gasteiger partial charge in [-0.25, -0.2) is 0 Å². The van der Waals surface area contributed by atoms with Crippen molar-refractivity contribution >= 4 is 8.80 Å². The van der Waals surface area contributed by atoms with Gasteiger partial charge in [-0.15, -0.1) is 0 Å². The molecule has 0 aromatic heterocycles. The van der Waals surface area contributed by atoms with Crippen molar-refractivity contribution in [1.29, 1.82) is 0 Å². The van der Waals surface area contributed by atoms with E-state index in [9.17, 15) is 0 Å². The summed E-state index contributed by atoms with van der Waals surface area (Å²) in [6.07, 6.45) is 15.0. The largest absolute Gasteiger partial charge is 0.512 e. The Kier molecular flexibility index (Phi) is 9.92. The van der Waals surface area contributed by atoms with Crippen LogP contribution in [0.1, 0.15) is 59.3 Å². The SMILES string of the molecule is CCCCO[Si](OCCCC)(OCCCC)C1C=CC=C1. The van der Waals surface area contributed by atoms with Crippen LogP contribution in [0.5, 0.6) is 0 Å². The maximum Gasteiger partial charge on any atom is 0.512 e. The fourth-order valence-corrected chi connectivity index (χ4v) is 4.97. The summed E-state index contributed by atoms with van der Waals surface area (Å²) < 4.78 is 18.7. The third kappa shape index (κ3) is 6.47. The van der Waals surface area contributed by atoms with Crippen LogP contribution in [0, 0.1) is 0 Å². The molecule has 0 saturated carbocycles. The average Bonchev–Trinajstić information content (AvgIpc) is 3.02. The van der Waals surface area contributed by atoms with Gasteiger partial charge in [0, 0.05) is 19.8 Å². The first-order valence-corrected chi connectivity index (χ1v) is 10.4. The van der Waals surface area contributed by atoms with Gasteiger partial charge in [-0.3, -0.25) is 0 Å². The first-order valence-electron chi connectivity index (χ1n) is 8.56. The number of rotatable bonds is 13. The van der Waals surface area contributed by atoms with E-state index >= 15 is 0 Å². The Hall–Kier alpha value is -0.423. The zero-order chi connectivity index (χ0) is 15.4. The molecule has 0 aromatic rings. The van der Waals surface area contributed by atoms with E-state index in [4.69, 9.17) is 13.3 Å². The summed E-state index contributed by atoms with van der Waals surface area (Å²) in [6.45, 7) is 8.74. The third-order valence-electron chi connectivity index (χ3n) is 3.56. The molecule has 0 amide bonds. The molecule has 3 nitrogen and oxygen atoms in total. The second-order valence-corrected chi connectivity index (χ2v) is 8.24. The highest BCUT2D eigenvalue weighted by Gasteiger charge is 2.48. The van der Waals surface area contributed by atoms with Gasteiger partial charge in [-0.1, -0.05) is 64.3 Å². The van der Waals surface area contributed by atoms with Gasteiger partial charge in [-0.05, 0) is 19.3 Å². The molecule has 0 saturated heterocycles. The molecule has 0 fully saturated rings. The quantitative estimate of drug-likeness (QED) is 0.358. The van der Waals surface area contributed by atoms with Crippen LogP contribution in [0.4, 0.5) is 0 Å². The molecule has 0 N–H and O–H groups in total. The lowest BCUT2D eigenvalue weighted by molar-refractivity contribution is 0.0542. The minimum absolute atomic E-state index is 0.183. The smallest absolute Gasteiger partial charge is 0.373 e. The highest BCUT2D eigenvalue weighted by atomic mass is 28.4. The molecule has 21 heavy (non-hydrogen) atoms. The molecule has 0 bridgehead atoms. The lowest BCUT2D eigenvalue weighted by atomic mass is 10.4. The Morgan fingerprint density at radius 2 is 1.10 bits per heavy atom. The molecule has 0 atom stereocenters. The molecule has 1 aliphatic rings. The number of hydrogen-bond donors (Lipinski definition) is 0. The summed E-state index contributed by atoms with van der Waals surface area (Å²) in [4.78, 5) is 0. The Labute approximate surface area is 131 Å². The second kappa shape index (κ2) is 11.2. The van der Waals surface area contributed by atoms with Crippen LogP contribution in [0.2, 0.25) is 5.54 Å². The molecule has 0 spiro atoms. The molecule has 122 valence electrons. The monoisotopic (exact) mass is 312 g/mol. The van der Waals surface area contributed by atoms with Crippen LogP contribution in [0.15, 0.2) is 24.3 Å². The standard InChI is InChI=1S/C17H32O3Si/c1-4-7-14-18-21(19-15-8-5-2,20-16-9-6-3)17-12-10-11-13-17/h10-13,17H,4-9,14-16H2,1-3H3. The highest BCUT2D eigenvalue weighted by molar-refractivity contribution is 6.63. The highest BCUT2D eigenvalue weighted by Crippen LogP contribution is 2.32. The molecule has 0 radical (unpaired) electrons. The summed E-state index contributed by atoms with van der Waals surface area (Å²) in [5.41, 5.74) is 0.183. The molecule has 1 rings (SSSR count). The van der Waals surface area contributed by atoms with Crippen molar-refractivity contribution < 1.29 is 13.3 Å². The Balaban J connectivity index is 2.72. The summed E-state index contributed by atoms with van der Waals surface area (Å²) >= 11 is 0. The molecule has 0 heterocycles. The molecule has 0 aromatic carbocycles. The topological polar surface area (TPSA) is 27.7 Å². The minimum atomic E-state index is -2.65. The molecule has 0 aliphatic heterocycles. The summed E-state index contributed by atoms with van der Waals surface area (Å²) in [5, 5.41) is 0. The summed E-state index contributed by atoms with van der Waals surface area (Å²) in [5.74, 6) is 0. The predicted molar refractivity (Wildman–Crippen MR) is 90.4 cm³/mol. The van der Waals surface area contributed by atoms with Gasteiger partial charge in [0.25, 0.3) is 0 Å². The fourth-order valence-electron chi connectivity index (χ4n) is 2.16. The van der Waals surface area contributed by atoms with Crippen molar-refractivity contribution in [2.24, 2.45) is 0 Å². The first-order chi connectivity index (χ1) is 10.3. The normalized spacial score (nSPS) is 15.2. The van der Waals surface area contributed by atoms with Gasteiger partial charge in [-0.2, -0.15) is 0 Å². The van der Waals surface area contributed by atoms with Gasteiger partial charge in [0.1, 0.15) is 0 Å². The van der Waals surface area contributed by atoms with Gasteiger partial charge in [0.15, 0.2) is 0 Å². The van der Waals surface area contributed by atoms with Crippen LogP contribution < -0.4 is 0 Å². The van der Waals surface area contributed by atoms with E-state index in [1.54, 1.807) is 0 Å². The third-order valence-corrected chi connectivity index (χ3v) is 6.58. The lowest BCUT2D eigenvalue weighted by Crippen LogP contribution is -2.49. The Morgan fingerprint density at radius 1 is 0.714 bits per heavy atom. The fraction of sp³-hybridized carbons (Fsp3) is 0.765. The average molecular weight is 313 g/mol. The summed E-state index contributed by atoms with van der Waals surface area (Å²) in [7, 11) is -2.65. The van der Waals surface area contributed by atoms with E-state index in [2.05, 4.69) is 45.1 Å². The van der Waals surface area contributed by atoms with E-state index in [0.717, 1.165) is 58.3 Å². The zero-order valence-electron chi connectivity index (χ0n) is 14.0. The van der Waals surface area contributed by atoms with Crippen molar-refractivity contribution in [3.05, 3.63) is 24.3 Å². The zero-order valence-corrected chi connectivity index (χ0v) is 15.0. The molecule has 1 aliphatic carbocycles. The van der Waals surface area contributed by atoms with Crippen molar-refractivity contribution in [2.75, 3.05) is 19.8 Å². The maximum atomic E-state index is 6.24. The van der Waals surface area contributed by atoms with Crippen molar-refractivity contribution in [1.82, 2.24) is 0 Å². The first kappa shape index (κ1) is 18.6. The maximum absolute atomic E-state index is 6.24. The van der Waals surface area contributed by atoms with Gasteiger partial charge >= 0.3 is 8.80 Å². The summed E-state index contributed by atoms with van der Waals surface area (Å²) in [6, 6.07) is 0. The molecular formula is C17H32O3Si. The van der Waals surface area contributed by atoms with E-state index in [1.807, 2.05) is 0 Å². The van der Waals surface area contributed by atoms with Gasteiger partial charge in [0.05, 0.1) is 5.54 Å². The second-order valence-electron chi connectivity index (χ2n) is 5.51. The number of allylic oxidation sites excluding steroid dienone is 4. The van der Waals surface area contributed by atoms with Crippen LogP contribution in [0.3, 0.4) is 0 Å². The lowest BCUT2D eigenvalue weighted by Gasteiger charge is -2.33. The van der Waals surface area contributed by atoms with Crippen molar-refractivity contribution in [3.63, 3.8) is 0 Å². The minimum Gasteiger partial charge on any atom is -0.373 e. The molecular weight excluding hydrogens is 280 g/mol. The Bertz CT molecular complexity index is 277.